The lowest BCUT2D eigenvalue weighted by Crippen LogP contribution is -2.65. The van der Waals surface area contributed by atoms with Crippen LogP contribution in [0.15, 0.2) is 152 Å². The van der Waals surface area contributed by atoms with Crippen LogP contribution >= 0.6 is 0 Å². The van der Waals surface area contributed by atoms with E-state index in [0.717, 1.165) is 27.8 Å². The van der Waals surface area contributed by atoms with Crippen LogP contribution in [0.2, 0.25) is 0 Å². The number of carbonyl (C=O) groups excluding carboxylic acids is 1. The minimum absolute atomic E-state index is 0.151. The van der Waals surface area contributed by atoms with E-state index in [1.807, 2.05) is 152 Å². The Hall–Kier alpha value is -4.79. The van der Waals surface area contributed by atoms with Crippen LogP contribution in [0.1, 0.15) is 34.7 Å². The van der Waals surface area contributed by atoms with Crippen LogP contribution in [0.4, 0.5) is 0 Å². The number of ether oxygens (including phenoxy) is 10. The Morgan fingerprint density at radius 3 is 1.38 bits per heavy atom. The first kappa shape index (κ1) is 41.9. The van der Waals surface area contributed by atoms with Crippen LogP contribution in [-0.2, 0) is 85.2 Å². The Labute approximate surface area is 351 Å². The predicted molar refractivity (Wildman–Crippen MR) is 220 cm³/mol. The molecule has 3 aliphatic rings. The standard InChI is InChI=1S/C49H52O11/c1-34(50)57-43-41-33-56-48(58-41)47(45(43)54-30-38-23-13-5-14-24-38)60-49-46(55-31-39-25-15-6-16-26-39)44(53-29-37-21-11-4-12-22-37)42(52-28-36-19-9-3-10-20-36)40(59-49)32-51-27-35-17-7-2-8-18-35/h2-26,40-49H,27-33H2,1H3/t40-,41-,42-,43-,44+,45+,46+,47+,48+,49-/m1/s1. The molecule has 5 aromatic rings. The zero-order valence-corrected chi connectivity index (χ0v) is 33.6. The predicted octanol–water partition coefficient (Wildman–Crippen LogP) is 7.34. The SMILES string of the molecule is CC(=O)O[C@H]1[C@H](OCc2ccccc2)[C@H](O[C@H]2O[C@H](COCc3ccccc3)[C@@H](OCc3ccccc3)[C@H](OCc3ccccc3)[C@@H]2OCc2ccccc2)[C@H]2OC[C@H]1O2. The Kier molecular flexibility index (Phi) is 14.8. The number of carbonyl (C=O) groups is 1. The molecule has 8 rings (SSSR count). The lowest BCUT2D eigenvalue weighted by Gasteiger charge is -2.48. The normalized spacial score (nSPS) is 27.4. The van der Waals surface area contributed by atoms with Gasteiger partial charge in [0.1, 0.15) is 42.7 Å². The molecule has 0 amide bonds. The molecule has 2 bridgehead atoms. The highest BCUT2D eigenvalue weighted by Gasteiger charge is 2.57. The molecule has 5 aromatic carbocycles. The Balaban J connectivity index is 1.14. The fourth-order valence-corrected chi connectivity index (χ4v) is 7.78. The molecule has 11 heteroatoms. The van der Waals surface area contributed by atoms with Gasteiger partial charge in [0, 0.05) is 6.92 Å². The lowest BCUT2D eigenvalue weighted by atomic mass is 9.96. The van der Waals surface area contributed by atoms with Crippen molar-refractivity contribution in [1.82, 2.24) is 0 Å². The molecular weight excluding hydrogens is 765 g/mol. The molecule has 60 heavy (non-hydrogen) atoms. The largest absolute Gasteiger partial charge is 0.457 e. The van der Waals surface area contributed by atoms with Crippen molar-refractivity contribution in [2.75, 3.05) is 13.2 Å². The van der Waals surface area contributed by atoms with E-state index in [-0.39, 0.29) is 33.0 Å². The molecule has 3 heterocycles. The van der Waals surface area contributed by atoms with Crippen LogP contribution in [0.25, 0.3) is 0 Å². The highest BCUT2D eigenvalue weighted by atomic mass is 16.8. The summed E-state index contributed by atoms with van der Waals surface area (Å²) in [7, 11) is 0. The van der Waals surface area contributed by atoms with E-state index in [2.05, 4.69) is 0 Å². The van der Waals surface area contributed by atoms with Gasteiger partial charge in [-0.3, -0.25) is 4.79 Å². The third kappa shape index (κ3) is 11.1. The smallest absolute Gasteiger partial charge is 0.303 e. The third-order valence-corrected chi connectivity index (χ3v) is 10.7. The average molecular weight is 817 g/mol. The van der Waals surface area contributed by atoms with Gasteiger partial charge in [0.25, 0.3) is 0 Å². The fourth-order valence-electron chi connectivity index (χ4n) is 7.78. The molecule has 3 saturated heterocycles. The van der Waals surface area contributed by atoms with Gasteiger partial charge >= 0.3 is 5.97 Å². The van der Waals surface area contributed by atoms with E-state index in [4.69, 9.17) is 47.4 Å². The maximum Gasteiger partial charge on any atom is 0.303 e. The second kappa shape index (κ2) is 21.1. The topological polar surface area (TPSA) is 109 Å². The van der Waals surface area contributed by atoms with E-state index < -0.39 is 67.4 Å². The van der Waals surface area contributed by atoms with Gasteiger partial charge in [-0.05, 0) is 27.8 Å². The van der Waals surface area contributed by atoms with Crippen molar-refractivity contribution < 1.29 is 52.2 Å². The molecule has 0 spiro atoms. The molecule has 0 aliphatic carbocycles. The first-order chi connectivity index (χ1) is 29.6. The lowest BCUT2D eigenvalue weighted by molar-refractivity contribution is -0.363. The van der Waals surface area contributed by atoms with E-state index >= 15 is 0 Å². The van der Waals surface area contributed by atoms with Crippen molar-refractivity contribution in [2.24, 2.45) is 0 Å². The molecule has 0 N–H and O–H groups in total. The van der Waals surface area contributed by atoms with Gasteiger partial charge in [0.2, 0.25) is 0 Å². The van der Waals surface area contributed by atoms with Crippen molar-refractivity contribution in [3.63, 3.8) is 0 Å². The summed E-state index contributed by atoms with van der Waals surface area (Å²) in [4.78, 5) is 12.5. The molecule has 3 aliphatic heterocycles. The zero-order chi connectivity index (χ0) is 40.9. The summed E-state index contributed by atoms with van der Waals surface area (Å²) in [5.41, 5.74) is 4.89. The average Bonchev–Trinajstić information content (AvgIpc) is 3.73. The summed E-state index contributed by atoms with van der Waals surface area (Å²) in [5.74, 6) is -0.470. The number of benzene rings is 5. The van der Waals surface area contributed by atoms with E-state index in [0.29, 0.717) is 13.2 Å². The molecule has 0 radical (unpaired) electrons. The van der Waals surface area contributed by atoms with Gasteiger partial charge in [0.15, 0.2) is 18.7 Å². The minimum Gasteiger partial charge on any atom is -0.457 e. The molecule has 11 nitrogen and oxygen atoms in total. The van der Waals surface area contributed by atoms with Crippen LogP contribution in [0.5, 0.6) is 0 Å². The highest BCUT2D eigenvalue weighted by Crippen LogP contribution is 2.38. The van der Waals surface area contributed by atoms with Crippen LogP contribution in [-0.4, -0.2) is 80.6 Å². The summed E-state index contributed by atoms with van der Waals surface area (Å²) >= 11 is 0. The van der Waals surface area contributed by atoms with E-state index in [1.54, 1.807) is 0 Å². The van der Waals surface area contributed by atoms with Crippen LogP contribution < -0.4 is 0 Å². The van der Waals surface area contributed by atoms with Gasteiger partial charge in [-0.1, -0.05) is 152 Å². The Morgan fingerprint density at radius 2 is 0.917 bits per heavy atom. The molecule has 0 unspecified atom stereocenters. The van der Waals surface area contributed by atoms with E-state index in [9.17, 15) is 4.79 Å². The maximum atomic E-state index is 12.5. The van der Waals surface area contributed by atoms with Crippen LogP contribution in [0.3, 0.4) is 0 Å². The molecule has 0 saturated carbocycles. The van der Waals surface area contributed by atoms with Gasteiger partial charge in [0.05, 0.1) is 46.2 Å². The summed E-state index contributed by atoms with van der Waals surface area (Å²) < 4.78 is 66.1. The molecule has 3 fully saturated rings. The molecule has 0 aromatic heterocycles. The summed E-state index contributed by atoms with van der Waals surface area (Å²) in [5, 5.41) is 0. The van der Waals surface area contributed by atoms with E-state index in [1.165, 1.54) is 6.92 Å². The second-order valence-electron chi connectivity index (χ2n) is 15.1. The number of fused-ring (bicyclic) bond motifs is 2. The number of rotatable bonds is 19. The summed E-state index contributed by atoms with van der Waals surface area (Å²) in [6.45, 7) is 3.09. The quantitative estimate of drug-likeness (QED) is 0.0782. The highest BCUT2D eigenvalue weighted by molar-refractivity contribution is 5.66. The first-order valence-electron chi connectivity index (χ1n) is 20.6. The Bertz CT molecular complexity index is 2010. The minimum atomic E-state index is -1.08. The summed E-state index contributed by atoms with van der Waals surface area (Å²) in [6, 6.07) is 49.6. The molecular formula is C49H52O11. The summed E-state index contributed by atoms with van der Waals surface area (Å²) in [6.07, 6.45) is -7.91. The zero-order valence-electron chi connectivity index (χ0n) is 33.6. The number of hydrogen-bond donors (Lipinski definition) is 0. The van der Waals surface area contributed by atoms with Crippen molar-refractivity contribution >= 4 is 5.97 Å². The van der Waals surface area contributed by atoms with Crippen LogP contribution in [0, 0.1) is 0 Å². The fraction of sp³-hybridized carbons (Fsp3) is 0.367. The van der Waals surface area contributed by atoms with Crippen molar-refractivity contribution in [3.8, 4) is 0 Å². The number of hydrogen-bond acceptors (Lipinski definition) is 11. The molecule has 10 atom stereocenters. The van der Waals surface area contributed by atoms with Gasteiger partial charge in [-0.15, -0.1) is 0 Å². The van der Waals surface area contributed by atoms with Crippen molar-refractivity contribution in [1.29, 1.82) is 0 Å². The maximum absolute atomic E-state index is 12.5. The third-order valence-electron chi connectivity index (χ3n) is 10.7. The first-order valence-corrected chi connectivity index (χ1v) is 20.6. The van der Waals surface area contributed by atoms with Gasteiger partial charge in [-0.25, -0.2) is 0 Å². The Morgan fingerprint density at radius 1 is 0.500 bits per heavy atom. The molecule has 314 valence electrons. The monoisotopic (exact) mass is 816 g/mol. The van der Waals surface area contributed by atoms with Crippen molar-refractivity contribution in [3.05, 3.63) is 179 Å². The second-order valence-corrected chi connectivity index (χ2v) is 15.1. The number of esters is 1. The van der Waals surface area contributed by atoms with Crippen molar-refractivity contribution in [2.45, 2.75) is 101 Å². The van der Waals surface area contributed by atoms with Gasteiger partial charge in [-0.2, -0.15) is 0 Å². The van der Waals surface area contributed by atoms with Gasteiger partial charge < -0.3 is 47.4 Å².